The van der Waals surface area contributed by atoms with Crippen molar-refractivity contribution < 1.29 is 0 Å². The SMILES string of the molecule is CN=C(/C=C\C(C)C)c1nccc(=S)[nH]1. The van der Waals surface area contributed by atoms with E-state index in [1.165, 1.54) is 0 Å². The van der Waals surface area contributed by atoms with Crippen LogP contribution in [-0.4, -0.2) is 22.7 Å². The van der Waals surface area contributed by atoms with Crippen LogP contribution in [0.15, 0.2) is 29.4 Å². The number of rotatable bonds is 3. The van der Waals surface area contributed by atoms with Gasteiger partial charge in [-0.15, -0.1) is 0 Å². The van der Waals surface area contributed by atoms with Gasteiger partial charge in [0.15, 0.2) is 5.82 Å². The molecule has 1 aromatic heterocycles. The molecule has 1 aromatic rings. The van der Waals surface area contributed by atoms with Crippen LogP contribution in [-0.2, 0) is 0 Å². The molecule has 0 atom stereocenters. The lowest BCUT2D eigenvalue weighted by Gasteiger charge is -2.00. The summed E-state index contributed by atoms with van der Waals surface area (Å²) in [5.74, 6) is 1.20. The van der Waals surface area contributed by atoms with Crippen molar-refractivity contribution in [3.63, 3.8) is 0 Å². The van der Waals surface area contributed by atoms with Crippen LogP contribution in [0.5, 0.6) is 0 Å². The highest BCUT2D eigenvalue weighted by Gasteiger charge is 2.00. The summed E-state index contributed by atoms with van der Waals surface area (Å²) in [5.41, 5.74) is 0.815. The van der Waals surface area contributed by atoms with Crippen LogP contribution in [0.4, 0.5) is 0 Å². The molecule has 0 aliphatic rings. The maximum atomic E-state index is 5.03. The smallest absolute Gasteiger partial charge is 0.156 e. The highest BCUT2D eigenvalue weighted by atomic mass is 32.1. The van der Waals surface area contributed by atoms with Crippen LogP contribution in [0.3, 0.4) is 0 Å². The largest absolute Gasteiger partial charge is 0.329 e. The molecule has 0 bridgehead atoms. The zero-order valence-electron chi connectivity index (χ0n) is 9.19. The Morgan fingerprint density at radius 1 is 1.60 bits per heavy atom. The summed E-state index contributed by atoms with van der Waals surface area (Å²) in [4.78, 5) is 11.3. The van der Waals surface area contributed by atoms with Crippen LogP contribution in [0.2, 0.25) is 0 Å². The van der Waals surface area contributed by atoms with Gasteiger partial charge in [0.2, 0.25) is 0 Å². The van der Waals surface area contributed by atoms with Gasteiger partial charge in [0.25, 0.3) is 0 Å². The van der Waals surface area contributed by atoms with E-state index in [1.54, 1.807) is 19.3 Å². The van der Waals surface area contributed by atoms with Gasteiger partial charge >= 0.3 is 0 Å². The van der Waals surface area contributed by atoms with Gasteiger partial charge in [-0.05, 0) is 18.1 Å². The van der Waals surface area contributed by atoms with Gasteiger partial charge in [-0.25, -0.2) is 4.98 Å². The molecule has 0 aromatic carbocycles. The van der Waals surface area contributed by atoms with Crippen molar-refractivity contribution in [2.45, 2.75) is 13.8 Å². The molecule has 0 amide bonds. The van der Waals surface area contributed by atoms with Crippen molar-refractivity contribution in [3.8, 4) is 0 Å². The summed E-state index contributed by atoms with van der Waals surface area (Å²) in [6, 6.07) is 1.75. The third-order valence-electron chi connectivity index (χ3n) is 1.79. The highest BCUT2D eigenvalue weighted by molar-refractivity contribution is 7.71. The summed E-state index contributed by atoms with van der Waals surface area (Å²) in [5, 5.41) is 0. The molecule has 80 valence electrons. The van der Waals surface area contributed by atoms with Crippen molar-refractivity contribution in [3.05, 3.63) is 34.9 Å². The third-order valence-corrected chi connectivity index (χ3v) is 2.03. The number of H-pyrrole nitrogens is 1. The number of hydrogen-bond acceptors (Lipinski definition) is 3. The molecule has 3 nitrogen and oxygen atoms in total. The van der Waals surface area contributed by atoms with E-state index in [2.05, 4.69) is 34.9 Å². The molecule has 1 rings (SSSR count). The number of aromatic amines is 1. The second kappa shape index (κ2) is 5.56. The van der Waals surface area contributed by atoms with Gasteiger partial charge in [-0.1, -0.05) is 32.1 Å². The molecule has 15 heavy (non-hydrogen) atoms. The Labute approximate surface area is 95.0 Å². The Balaban J connectivity index is 2.99. The van der Waals surface area contributed by atoms with Crippen molar-refractivity contribution in [2.75, 3.05) is 7.05 Å². The lowest BCUT2D eigenvalue weighted by molar-refractivity contribution is 0.832. The molecular weight excluding hydrogens is 206 g/mol. The normalized spacial score (nSPS) is 12.7. The van der Waals surface area contributed by atoms with Gasteiger partial charge < -0.3 is 4.98 Å². The molecule has 0 radical (unpaired) electrons. The second-order valence-corrected chi connectivity index (χ2v) is 3.93. The summed E-state index contributed by atoms with van der Waals surface area (Å²) in [7, 11) is 1.74. The van der Waals surface area contributed by atoms with Gasteiger partial charge in [0.1, 0.15) is 4.64 Å². The number of aliphatic imine (C=N–C) groups is 1. The first-order valence-corrected chi connectivity index (χ1v) is 5.25. The standard InChI is InChI=1S/C11H15N3S/c1-8(2)4-5-9(12-3)11-13-7-6-10(15)14-11/h4-8H,1-3H3,(H,13,14,15)/b5-4-,12-9?. The molecule has 1 N–H and O–H groups in total. The Hall–Kier alpha value is -1.29. The molecule has 0 saturated heterocycles. The number of nitrogens with one attached hydrogen (secondary N) is 1. The summed E-state index contributed by atoms with van der Waals surface area (Å²) in [6.07, 6.45) is 5.72. The third kappa shape index (κ3) is 3.75. The Bertz CT molecular complexity index is 429. The van der Waals surface area contributed by atoms with E-state index in [0.717, 1.165) is 5.71 Å². The van der Waals surface area contributed by atoms with Gasteiger partial charge in [0, 0.05) is 13.2 Å². The average Bonchev–Trinajstić information content (AvgIpc) is 2.18. The van der Waals surface area contributed by atoms with E-state index in [1.807, 2.05) is 6.08 Å². The van der Waals surface area contributed by atoms with E-state index in [0.29, 0.717) is 16.4 Å². The predicted octanol–water partition coefficient (Wildman–Crippen LogP) is 2.77. The van der Waals surface area contributed by atoms with Crippen LogP contribution in [0.1, 0.15) is 19.7 Å². The summed E-state index contributed by atoms with van der Waals surface area (Å²) in [6.45, 7) is 4.23. The minimum Gasteiger partial charge on any atom is -0.329 e. The van der Waals surface area contributed by atoms with Crippen molar-refractivity contribution >= 4 is 17.9 Å². The van der Waals surface area contributed by atoms with E-state index in [-0.39, 0.29) is 0 Å². The molecule has 0 aliphatic heterocycles. The van der Waals surface area contributed by atoms with Crippen LogP contribution < -0.4 is 0 Å². The monoisotopic (exact) mass is 221 g/mol. The number of allylic oxidation sites excluding steroid dienone is 2. The predicted molar refractivity (Wildman–Crippen MR) is 65.9 cm³/mol. The second-order valence-electron chi connectivity index (χ2n) is 3.49. The van der Waals surface area contributed by atoms with Crippen molar-refractivity contribution in [2.24, 2.45) is 10.9 Å². The van der Waals surface area contributed by atoms with Crippen molar-refractivity contribution in [1.29, 1.82) is 0 Å². The molecule has 0 fully saturated rings. The van der Waals surface area contributed by atoms with E-state index in [9.17, 15) is 0 Å². The molecular formula is C11H15N3S. The van der Waals surface area contributed by atoms with Crippen LogP contribution in [0, 0.1) is 10.6 Å². The zero-order chi connectivity index (χ0) is 11.3. The average molecular weight is 221 g/mol. The fourth-order valence-corrected chi connectivity index (χ4v) is 1.20. The highest BCUT2D eigenvalue weighted by Crippen LogP contribution is 1.99. The lowest BCUT2D eigenvalue weighted by Crippen LogP contribution is -2.03. The minimum atomic E-state index is 0.494. The first-order valence-electron chi connectivity index (χ1n) is 4.84. The van der Waals surface area contributed by atoms with E-state index < -0.39 is 0 Å². The van der Waals surface area contributed by atoms with Gasteiger partial charge in [-0.2, -0.15) is 0 Å². The molecule has 4 heteroatoms. The van der Waals surface area contributed by atoms with Gasteiger partial charge in [-0.3, -0.25) is 4.99 Å². The Kier molecular flexibility index (Phi) is 4.37. The Morgan fingerprint density at radius 2 is 2.33 bits per heavy atom. The first-order chi connectivity index (χ1) is 7.13. The molecule has 0 aliphatic carbocycles. The van der Waals surface area contributed by atoms with E-state index >= 15 is 0 Å². The number of aromatic nitrogens is 2. The van der Waals surface area contributed by atoms with Crippen molar-refractivity contribution in [1.82, 2.24) is 9.97 Å². The fourth-order valence-electron chi connectivity index (χ4n) is 1.04. The number of nitrogens with zero attached hydrogens (tertiary/aromatic N) is 2. The molecule has 0 unspecified atom stereocenters. The minimum absolute atomic E-state index is 0.494. The number of hydrogen-bond donors (Lipinski definition) is 1. The lowest BCUT2D eigenvalue weighted by atomic mass is 10.2. The Morgan fingerprint density at radius 3 is 2.87 bits per heavy atom. The topological polar surface area (TPSA) is 41.0 Å². The van der Waals surface area contributed by atoms with Gasteiger partial charge in [0.05, 0.1) is 5.71 Å². The summed E-state index contributed by atoms with van der Waals surface area (Å²) < 4.78 is 0.666. The quantitative estimate of drug-likeness (QED) is 0.630. The van der Waals surface area contributed by atoms with Crippen LogP contribution >= 0.6 is 12.2 Å². The zero-order valence-corrected chi connectivity index (χ0v) is 10.0. The maximum absolute atomic E-state index is 5.03. The summed E-state index contributed by atoms with van der Waals surface area (Å²) >= 11 is 5.03. The molecule has 1 heterocycles. The van der Waals surface area contributed by atoms with Crippen LogP contribution in [0.25, 0.3) is 0 Å². The first kappa shape index (κ1) is 11.8. The van der Waals surface area contributed by atoms with E-state index in [4.69, 9.17) is 12.2 Å². The molecule has 0 saturated carbocycles. The fraction of sp³-hybridized carbons (Fsp3) is 0.364. The maximum Gasteiger partial charge on any atom is 0.156 e. The molecule has 0 spiro atoms.